The molecule has 2 aliphatic rings. The van der Waals surface area contributed by atoms with E-state index >= 15 is 0 Å². The third-order valence-corrected chi connectivity index (χ3v) is 13.3. The highest BCUT2D eigenvalue weighted by atomic mass is 16.5. The van der Waals surface area contributed by atoms with Crippen LogP contribution in [0.5, 0.6) is 23.0 Å². The van der Waals surface area contributed by atoms with E-state index < -0.39 is 11.9 Å². The highest BCUT2D eigenvalue weighted by molar-refractivity contribution is 6.11. The van der Waals surface area contributed by atoms with Gasteiger partial charge in [-0.05, 0) is 117 Å². The Bertz CT molecular complexity index is 2800. The first kappa shape index (κ1) is 42.7. The van der Waals surface area contributed by atoms with E-state index in [1.54, 1.807) is 24.3 Å². The maximum atomic E-state index is 14.0. The van der Waals surface area contributed by atoms with Gasteiger partial charge in [-0.15, -0.1) is 0 Å². The summed E-state index contributed by atoms with van der Waals surface area (Å²) in [7, 11) is 0. The molecule has 0 aromatic heterocycles. The molecule has 0 radical (unpaired) electrons. The SMILES string of the molecule is CCC1(COc2ccc(-c3ccc(C(=O)Oc4ccc5ccccc5c4-c4c(OC(=O)c5ccc(-c6ccc(OCC7(CC)COC7)cc6)cc5)ccc5ccccc45)cc3)cc2)COC1. The summed E-state index contributed by atoms with van der Waals surface area (Å²) in [5.74, 6) is 1.28. The highest BCUT2D eigenvalue weighted by Gasteiger charge is 2.38. The summed E-state index contributed by atoms with van der Waals surface area (Å²) in [6.07, 6.45) is 2.03. The standard InChI is InChI=1S/C58H50O8/c1-3-57(33-61-34-57)37-63-47-27-21-41(22-28-47)39-13-17-45(18-14-39)55(59)65-51-31-25-43-9-5-7-11-49(43)53(51)54-50-12-8-6-10-44(50)26-32-52(54)66-56(60)46-19-15-40(16-20-46)42-23-29-48(30-24-42)64-38-58(4-2)35-62-36-58/h5-32H,3-4,33-38H2,1-2H3. The number of fused-ring (bicyclic) bond motifs is 2. The molecule has 0 bridgehead atoms. The van der Waals surface area contributed by atoms with Gasteiger partial charge in [-0.3, -0.25) is 0 Å². The summed E-state index contributed by atoms with van der Waals surface area (Å²) in [5, 5.41) is 3.56. The second kappa shape index (κ2) is 18.3. The lowest BCUT2D eigenvalue weighted by atomic mass is 9.84. The second-order valence-electron chi connectivity index (χ2n) is 17.6. The molecule has 0 saturated carbocycles. The number of rotatable bonds is 15. The molecule has 2 heterocycles. The van der Waals surface area contributed by atoms with Gasteiger partial charge in [0.15, 0.2) is 0 Å². The molecule has 0 unspecified atom stereocenters. The first-order chi connectivity index (χ1) is 32.3. The molecule has 2 saturated heterocycles. The Morgan fingerprint density at radius 1 is 0.439 bits per heavy atom. The molecular weight excluding hydrogens is 825 g/mol. The fraction of sp³-hybridized carbons (Fsp3) is 0.207. The van der Waals surface area contributed by atoms with Crippen LogP contribution in [-0.2, 0) is 9.47 Å². The molecule has 0 atom stereocenters. The van der Waals surface area contributed by atoms with E-state index in [1.165, 1.54) is 0 Å². The maximum Gasteiger partial charge on any atom is 0.343 e. The number of hydrogen-bond acceptors (Lipinski definition) is 8. The average molecular weight is 875 g/mol. The number of hydrogen-bond donors (Lipinski definition) is 0. The van der Waals surface area contributed by atoms with Crippen molar-refractivity contribution >= 4 is 33.5 Å². The van der Waals surface area contributed by atoms with Gasteiger partial charge in [-0.25, -0.2) is 9.59 Å². The molecule has 0 amide bonds. The summed E-state index contributed by atoms with van der Waals surface area (Å²) in [4.78, 5) is 28.1. The molecule has 8 aromatic rings. The van der Waals surface area contributed by atoms with Crippen LogP contribution in [0.25, 0.3) is 54.9 Å². The fourth-order valence-electron chi connectivity index (χ4n) is 8.62. The van der Waals surface area contributed by atoms with Crippen LogP contribution in [0.1, 0.15) is 47.4 Å². The molecule has 0 spiro atoms. The Morgan fingerprint density at radius 3 is 1.12 bits per heavy atom. The van der Waals surface area contributed by atoms with E-state index in [0.717, 1.165) is 94.6 Å². The normalized spacial score (nSPS) is 14.8. The number of carbonyl (C=O) groups excluding carboxylic acids is 2. The van der Waals surface area contributed by atoms with Gasteiger partial charge in [-0.2, -0.15) is 0 Å². The maximum absolute atomic E-state index is 14.0. The molecule has 2 fully saturated rings. The summed E-state index contributed by atoms with van der Waals surface area (Å²) in [6, 6.07) is 54.1. The Balaban J connectivity index is 0.895. The lowest BCUT2D eigenvalue weighted by Gasteiger charge is -2.40. The molecular formula is C58H50O8. The van der Waals surface area contributed by atoms with Crippen LogP contribution in [0, 0.1) is 10.8 Å². The van der Waals surface area contributed by atoms with Crippen LogP contribution in [0.4, 0.5) is 0 Å². The lowest BCUT2D eigenvalue weighted by Crippen LogP contribution is -2.46. The zero-order valence-electron chi connectivity index (χ0n) is 37.1. The van der Waals surface area contributed by atoms with Gasteiger partial charge in [0.05, 0.1) is 61.6 Å². The van der Waals surface area contributed by atoms with Crippen LogP contribution in [-0.4, -0.2) is 51.6 Å². The van der Waals surface area contributed by atoms with Gasteiger partial charge in [0, 0.05) is 11.1 Å². The van der Waals surface area contributed by atoms with Crippen molar-refractivity contribution in [2.45, 2.75) is 26.7 Å². The van der Waals surface area contributed by atoms with Crippen LogP contribution in [0.2, 0.25) is 0 Å². The summed E-state index contributed by atoms with van der Waals surface area (Å²) < 4.78 is 35.7. The van der Waals surface area contributed by atoms with Gasteiger partial charge in [0.2, 0.25) is 0 Å². The molecule has 0 N–H and O–H groups in total. The summed E-state index contributed by atoms with van der Waals surface area (Å²) in [6.45, 7) is 8.54. The van der Waals surface area contributed by atoms with Crippen molar-refractivity contribution in [2.24, 2.45) is 10.8 Å². The topological polar surface area (TPSA) is 89.5 Å². The largest absolute Gasteiger partial charge is 0.493 e. The van der Waals surface area contributed by atoms with Crippen molar-refractivity contribution in [1.29, 1.82) is 0 Å². The molecule has 66 heavy (non-hydrogen) atoms. The summed E-state index contributed by atoms with van der Waals surface area (Å²) in [5.41, 5.74) is 6.20. The van der Waals surface area contributed by atoms with Crippen molar-refractivity contribution in [1.82, 2.24) is 0 Å². The van der Waals surface area contributed by atoms with Crippen LogP contribution in [0.15, 0.2) is 170 Å². The third kappa shape index (κ3) is 8.65. The van der Waals surface area contributed by atoms with Gasteiger partial charge < -0.3 is 28.4 Å². The van der Waals surface area contributed by atoms with E-state index in [-0.39, 0.29) is 10.8 Å². The molecule has 330 valence electrons. The van der Waals surface area contributed by atoms with Crippen molar-refractivity contribution in [3.8, 4) is 56.4 Å². The Morgan fingerprint density at radius 2 is 0.788 bits per heavy atom. The predicted molar refractivity (Wildman–Crippen MR) is 259 cm³/mol. The third-order valence-electron chi connectivity index (χ3n) is 13.3. The van der Waals surface area contributed by atoms with E-state index in [1.807, 2.05) is 146 Å². The van der Waals surface area contributed by atoms with Gasteiger partial charge in [0.1, 0.15) is 23.0 Å². The monoisotopic (exact) mass is 874 g/mol. The second-order valence-corrected chi connectivity index (χ2v) is 17.6. The van der Waals surface area contributed by atoms with Crippen LogP contribution < -0.4 is 18.9 Å². The first-order valence-electron chi connectivity index (χ1n) is 22.6. The van der Waals surface area contributed by atoms with E-state index in [2.05, 4.69) is 13.8 Å². The minimum absolute atomic E-state index is 0.102. The Kier molecular flexibility index (Phi) is 11.8. The average Bonchev–Trinajstić information content (AvgIpc) is 3.34. The fourth-order valence-corrected chi connectivity index (χ4v) is 8.62. The van der Waals surface area contributed by atoms with Gasteiger partial charge in [-0.1, -0.05) is 123 Å². The zero-order chi connectivity index (χ0) is 45.1. The molecule has 10 rings (SSSR count). The molecule has 8 aromatic carbocycles. The lowest BCUT2D eigenvalue weighted by molar-refractivity contribution is -0.133. The van der Waals surface area contributed by atoms with Crippen molar-refractivity contribution in [3.05, 3.63) is 181 Å². The minimum atomic E-state index is -0.513. The van der Waals surface area contributed by atoms with Crippen molar-refractivity contribution < 1.29 is 38.0 Å². The number of carbonyl (C=O) groups is 2. The zero-order valence-corrected chi connectivity index (χ0v) is 37.1. The number of esters is 2. The summed E-state index contributed by atoms with van der Waals surface area (Å²) >= 11 is 0. The first-order valence-corrected chi connectivity index (χ1v) is 22.6. The minimum Gasteiger partial charge on any atom is -0.493 e. The molecule has 2 aliphatic heterocycles. The van der Waals surface area contributed by atoms with Crippen molar-refractivity contribution in [3.63, 3.8) is 0 Å². The van der Waals surface area contributed by atoms with E-state index in [4.69, 9.17) is 28.4 Å². The molecule has 8 nitrogen and oxygen atoms in total. The van der Waals surface area contributed by atoms with Gasteiger partial charge in [0.25, 0.3) is 0 Å². The smallest absolute Gasteiger partial charge is 0.343 e. The number of ether oxygens (including phenoxy) is 6. The number of benzene rings is 8. The molecule has 8 heteroatoms. The van der Waals surface area contributed by atoms with E-state index in [0.29, 0.717) is 47.0 Å². The Labute approximate surface area is 384 Å². The predicted octanol–water partition coefficient (Wildman–Crippen LogP) is 13.0. The van der Waals surface area contributed by atoms with Crippen LogP contribution in [0.3, 0.4) is 0 Å². The van der Waals surface area contributed by atoms with E-state index in [9.17, 15) is 9.59 Å². The van der Waals surface area contributed by atoms with Crippen molar-refractivity contribution in [2.75, 3.05) is 39.6 Å². The quantitative estimate of drug-likeness (QED) is 0.0743. The highest BCUT2D eigenvalue weighted by Crippen LogP contribution is 2.46. The van der Waals surface area contributed by atoms with Crippen LogP contribution >= 0.6 is 0 Å². The van der Waals surface area contributed by atoms with Gasteiger partial charge >= 0.3 is 11.9 Å². The molecule has 0 aliphatic carbocycles. The Hall–Kier alpha value is -7.26.